The van der Waals surface area contributed by atoms with Crippen molar-refractivity contribution in [3.63, 3.8) is 0 Å². The second-order valence-electron chi connectivity index (χ2n) is 13.0. The van der Waals surface area contributed by atoms with E-state index in [2.05, 4.69) is 171 Å². The quantitative estimate of drug-likeness (QED) is 0.177. The molecule has 0 aliphatic rings. The number of aromatic nitrogens is 2. The van der Waals surface area contributed by atoms with Gasteiger partial charge in [-0.2, -0.15) is 0 Å². The van der Waals surface area contributed by atoms with Gasteiger partial charge in [0.25, 0.3) is 0 Å². The summed E-state index contributed by atoms with van der Waals surface area (Å²) in [6.07, 6.45) is 0. The predicted molar refractivity (Wildman–Crippen MR) is 214 cm³/mol. The van der Waals surface area contributed by atoms with Gasteiger partial charge in [0.2, 0.25) is 0 Å². The number of rotatable bonds is 4. The highest BCUT2D eigenvalue weighted by Crippen LogP contribution is 2.41. The van der Waals surface area contributed by atoms with Crippen molar-refractivity contribution in [2.75, 3.05) is 0 Å². The van der Waals surface area contributed by atoms with Crippen molar-refractivity contribution in [1.29, 1.82) is 0 Å². The first kappa shape index (κ1) is 28.8. The molecular formula is C47H30N2S. The molecule has 3 heteroatoms. The molecule has 0 radical (unpaired) electrons. The molecule has 2 aromatic heterocycles. The van der Waals surface area contributed by atoms with Crippen LogP contribution >= 0.6 is 11.3 Å². The highest BCUT2D eigenvalue weighted by molar-refractivity contribution is 7.26. The molecule has 2 nitrogen and oxygen atoms in total. The van der Waals surface area contributed by atoms with Gasteiger partial charge in [0, 0.05) is 36.5 Å². The Labute approximate surface area is 294 Å². The monoisotopic (exact) mass is 654 g/mol. The summed E-state index contributed by atoms with van der Waals surface area (Å²) in [5.41, 5.74) is 12.0. The van der Waals surface area contributed by atoms with E-state index in [4.69, 9.17) is 9.97 Å². The Kier molecular flexibility index (Phi) is 6.61. The molecule has 234 valence electrons. The Morgan fingerprint density at radius 3 is 1.50 bits per heavy atom. The van der Waals surface area contributed by atoms with Gasteiger partial charge in [0.1, 0.15) is 0 Å². The van der Waals surface area contributed by atoms with Crippen LogP contribution in [-0.2, 0) is 0 Å². The van der Waals surface area contributed by atoms with Crippen molar-refractivity contribution in [3.05, 3.63) is 169 Å². The molecule has 0 saturated heterocycles. The molecule has 0 aliphatic carbocycles. The van der Waals surface area contributed by atoms with Crippen molar-refractivity contribution < 1.29 is 0 Å². The van der Waals surface area contributed by atoms with Gasteiger partial charge in [-0.1, -0.05) is 140 Å². The van der Waals surface area contributed by atoms with E-state index in [9.17, 15) is 0 Å². The minimum atomic E-state index is 0.916. The predicted octanol–water partition coefficient (Wildman–Crippen LogP) is 13.3. The van der Waals surface area contributed by atoms with Crippen LogP contribution < -0.4 is 0 Å². The molecule has 0 spiro atoms. The second-order valence-corrected chi connectivity index (χ2v) is 14.0. The maximum Gasteiger partial charge on any atom is 0.0979 e. The molecule has 0 N–H and O–H groups in total. The molecular weight excluding hydrogens is 625 g/mol. The van der Waals surface area contributed by atoms with E-state index in [1.54, 1.807) is 0 Å². The van der Waals surface area contributed by atoms with Crippen molar-refractivity contribution in [2.45, 2.75) is 6.92 Å². The number of thiophene rings is 1. The van der Waals surface area contributed by atoms with Gasteiger partial charge in [-0.15, -0.1) is 11.3 Å². The van der Waals surface area contributed by atoms with Gasteiger partial charge in [0.15, 0.2) is 0 Å². The molecule has 10 aromatic rings. The van der Waals surface area contributed by atoms with Crippen molar-refractivity contribution in [3.8, 4) is 44.6 Å². The molecule has 8 aromatic carbocycles. The Bertz CT molecular complexity index is 2950. The van der Waals surface area contributed by atoms with Crippen LogP contribution in [0.2, 0.25) is 0 Å². The molecule has 2 heterocycles. The standard InChI is InChI=1S/C47H30N2S/c1-29-44(49-46-41-22-5-3-19-38(41)37-18-2-4-21-40(37)45(46)48-29)35-17-10-15-33(28-35)31-13-8-12-30(26-31)32-14-9-16-34(27-32)36-23-11-24-42-39-20-6-7-25-43(39)50-47(36)42/h2-28H,1H3. The molecule has 0 bridgehead atoms. The van der Waals surface area contributed by atoms with Crippen LogP contribution in [0.5, 0.6) is 0 Å². The van der Waals surface area contributed by atoms with E-state index in [1.807, 2.05) is 11.3 Å². The topological polar surface area (TPSA) is 25.8 Å². The average Bonchev–Trinajstić information content (AvgIpc) is 3.57. The van der Waals surface area contributed by atoms with Crippen LogP contribution in [0.25, 0.3) is 97.4 Å². The fraction of sp³-hybridized carbons (Fsp3) is 0.0213. The summed E-state index contributed by atoms with van der Waals surface area (Å²) in [5.74, 6) is 0. The summed E-state index contributed by atoms with van der Waals surface area (Å²) in [5, 5.41) is 7.33. The van der Waals surface area contributed by atoms with E-state index >= 15 is 0 Å². The highest BCUT2D eigenvalue weighted by Gasteiger charge is 2.16. The second kappa shape index (κ2) is 11.5. The van der Waals surface area contributed by atoms with Crippen molar-refractivity contribution in [1.82, 2.24) is 9.97 Å². The van der Waals surface area contributed by atoms with Crippen LogP contribution in [0, 0.1) is 6.92 Å². The first-order valence-electron chi connectivity index (χ1n) is 17.0. The van der Waals surface area contributed by atoms with Gasteiger partial charge in [-0.25, -0.2) is 9.97 Å². The van der Waals surface area contributed by atoms with Gasteiger partial charge in [-0.3, -0.25) is 0 Å². The van der Waals surface area contributed by atoms with E-state index in [0.29, 0.717) is 0 Å². The minimum absolute atomic E-state index is 0.916. The summed E-state index contributed by atoms with van der Waals surface area (Å²) in [7, 11) is 0. The third kappa shape index (κ3) is 4.62. The number of nitrogens with zero attached hydrogens (tertiary/aromatic N) is 2. The summed E-state index contributed by atoms with van der Waals surface area (Å²) >= 11 is 1.88. The largest absolute Gasteiger partial charge is 0.249 e. The van der Waals surface area contributed by atoms with Crippen LogP contribution in [-0.4, -0.2) is 9.97 Å². The number of aryl methyl sites for hydroxylation is 1. The lowest BCUT2D eigenvalue weighted by atomic mass is 9.95. The van der Waals surface area contributed by atoms with Crippen LogP contribution in [0.15, 0.2) is 164 Å². The molecule has 50 heavy (non-hydrogen) atoms. The summed E-state index contributed by atoms with van der Waals surface area (Å²) in [4.78, 5) is 10.5. The fourth-order valence-electron chi connectivity index (χ4n) is 7.58. The Morgan fingerprint density at radius 1 is 0.380 bits per heavy atom. The first-order chi connectivity index (χ1) is 24.7. The lowest BCUT2D eigenvalue weighted by Gasteiger charge is -2.13. The normalized spacial score (nSPS) is 11.7. The third-order valence-electron chi connectivity index (χ3n) is 9.97. The minimum Gasteiger partial charge on any atom is -0.249 e. The lowest BCUT2D eigenvalue weighted by Crippen LogP contribution is -1.97. The van der Waals surface area contributed by atoms with Crippen LogP contribution in [0.3, 0.4) is 0 Å². The zero-order valence-corrected chi connectivity index (χ0v) is 28.2. The van der Waals surface area contributed by atoms with E-state index in [1.165, 1.54) is 58.8 Å². The van der Waals surface area contributed by atoms with Gasteiger partial charge >= 0.3 is 0 Å². The van der Waals surface area contributed by atoms with E-state index < -0.39 is 0 Å². The van der Waals surface area contributed by atoms with Gasteiger partial charge in [-0.05, 0) is 75.3 Å². The maximum absolute atomic E-state index is 5.34. The molecule has 0 unspecified atom stereocenters. The third-order valence-corrected chi connectivity index (χ3v) is 11.2. The van der Waals surface area contributed by atoms with Crippen molar-refractivity contribution >= 4 is 64.1 Å². The summed E-state index contributed by atoms with van der Waals surface area (Å²) < 4.78 is 2.66. The number of hydrogen-bond acceptors (Lipinski definition) is 3. The summed E-state index contributed by atoms with van der Waals surface area (Å²) in [6.45, 7) is 2.07. The SMILES string of the molecule is Cc1nc2c3ccccc3c3ccccc3c2nc1-c1cccc(-c2cccc(-c3cccc(-c4cccc5c4sc4ccccc45)c3)c2)c1. The Hall–Kier alpha value is -6.16. The maximum atomic E-state index is 5.34. The van der Waals surface area contributed by atoms with Crippen LogP contribution in [0.4, 0.5) is 0 Å². The zero-order chi connectivity index (χ0) is 33.2. The Morgan fingerprint density at radius 2 is 0.840 bits per heavy atom. The van der Waals surface area contributed by atoms with Gasteiger partial charge < -0.3 is 0 Å². The number of hydrogen-bond donors (Lipinski definition) is 0. The summed E-state index contributed by atoms with van der Waals surface area (Å²) in [6, 6.07) is 59.0. The highest BCUT2D eigenvalue weighted by atomic mass is 32.1. The lowest BCUT2D eigenvalue weighted by molar-refractivity contribution is 1.20. The molecule has 10 rings (SSSR count). The molecule has 0 aliphatic heterocycles. The molecule has 0 fully saturated rings. The Balaban J connectivity index is 1.05. The average molecular weight is 655 g/mol. The first-order valence-corrected chi connectivity index (χ1v) is 17.8. The van der Waals surface area contributed by atoms with E-state index in [-0.39, 0.29) is 0 Å². The molecule has 0 atom stereocenters. The smallest absolute Gasteiger partial charge is 0.0979 e. The van der Waals surface area contributed by atoms with Gasteiger partial charge in [0.05, 0.1) is 22.4 Å². The number of fused-ring (bicyclic) bond motifs is 9. The van der Waals surface area contributed by atoms with Crippen molar-refractivity contribution in [2.24, 2.45) is 0 Å². The molecule has 0 saturated carbocycles. The molecule has 0 amide bonds. The zero-order valence-electron chi connectivity index (χ0n) is 27.4. The number of benzene rings is 8. The van der Waals surface area contributed by atoms with E-state index in [0.717, 1.165) is 44.3 Å². The van der Waals surface area contributed by atoms with Crippen LogP contribution in [0.1, 0.15) is 5.69 Å². The fourth-order valence-corrected chi connectivity index (χ4v) is 8.82.